The number of carbonyl (C=O) groups is 2. The van der Waals surface area contributed by atoms with Crippen molar-refractivity contribution in [1.29, 1.82) is 0 Å². The second kappa shape index (κ2) is 18.0. The highest BCUT2D eigenvalue weighted by Gasteiger charge is 2.46. The molecule has 0 saturated carbocycles. The number of anilines is 5. The van der Waals surface area contributed by atoms with Gasteiger partial charge in [0.15, 0.2) is 0 Å². The lowest BCUT2D eigenvalue weighted by atomic mass is 9.88. The Labute approximate surface area is 401 Å². The van der Waals surface area contributed by atoms with Gasteiger partial charge >= 0.3 is 0 Å². The van der Waals surface area contributed by atoms with E-state index < -0.39 is 0 Å². The molecule has 1 radical (unpaired) electrons. The molecule has 1 aliphatic heterocycles. The molecule has 0 N–H and O–H groups in total. The first-order chi connectivity index (χ1) is 32.9. The van der Waals surface area contributed by atoms with Crippen LogP contribution in [0.4, 0.5) is 28.4 Å². The number of amides is 2. The fourth-order valence-corrected chi connectivity index (χ4v) is 10.4. The minimum Gasteiger partial charge on any atom is -0.310 e. The number of fused-ring (bicyclic) bond motifs is 4. The highest BCUT2D eigenvalue weighted by Crippen LogP contribution is 2.48. The maximum Gasteiger partial charge on any atom is 0.238 e. The van der Waals surface area contributed by atoms with Crippen LogP contribution in [0.5, 0.6) is 0 Å². The topological polar surface area (TPSA) is 48.8 Å². The SMILES string of the molecule is CC(C)c1cccc(C(C)C)c1N1[C](c2ccc(N(c3ccc4c(c3)c3ccccc3n4-c3ccccc3)c3cccc4ccccc34)cc2)N(c2c(C(C)C)cccc2C(C)C)C(=O)CC1=O. The molecule has 1 aromatic heterocycles. The van der Waals surface area contributed by atoms with E-state index in [2.05, 4.69) is 241 Å². The van der Waals surface area contributed by atoms with Crippen LogP contribution >= 0.6 is 0 Å². The van der Waals surface area contributed by atoms with Crippen LogP contribution < -0.4 is 14.7 Å². The van der Waals surface area contributed by atoms with E-state index in [-0.39, 0.29) is 41.9 Å². The van der Waals surface area contributed by atoms with Gasteiger partial charge in [-0.05, 0) is 106 Å². The summed E-state index contributed by atoms with van der Waals surface area (Å²) in [6, 6.07) is 62.2. The highest BCUT2D eigenvalue weighted by atomic mass is 16.2. The molecule has 6 heteroatoms. The molecule has 9 aromatic rings. The molecule has 1 saturated heterocycles. The normalized spacial score (nSPS) is 13.7. The average molecular weight is 892 g/mol. The standard InChI is InChI=1S/C62H59N4O2/c1-39(2)48-25-17-26-49(40(3)4)60(48)65-58(67)38-59(68)66(61-50(41(5)6)27-18-28-51(61)42(7)8)62(65)44-31-33-46(34-32-44)63(55-30-16-20-43-19-12-13-23-52(43)55)47-35-36-57-54(37-47)53-24-14-15-29-56(53)64(57)45-21-10-9-11-22-45/h9-37,39-42H,38H2,1-8H3. The van der Waals surface area contributed by atoms with Gasteiger partial charge in [0, 0.05) is 38.8 Å². The Morgan fingerprint density at radius 3 is 1.47 bits per heavy atom. The van der Waals surface area contributed by atoms with Crippen molar-refractivity contribution in [3.05, 3.63) is 210 Å². The second-order valence-electron chi connectivity index (χ2n) is 19.4. The van der Waals surface area contributed by atoms with Crippen molar-refractivity contribution < 1.29 is 9.59 Å². The summed E-state index contributed by atoms with van der Waals surface area (Å²) in [6.07, 6.45) is 0.322. The zero-order chi connectivity index (χ0) is 47.4. The van der Waals surface area contributed by atoms with Gasteiger partial charge < -0.3 is 9.47 Å². The maximum atomic E-state index is 15.0. The average Bonchev–Trinajstić information content (AvgIpc) is 3.67. The van der Waals surface area contributed by atoms with Gasteiger partial charge in [-0.3, -0.25) is 19.4 Å². The van der Waals surface area contributed by atoms with Gasteiger partial charge in [-0.15, -0.1) is 0 Å². The van der Waals surface area contributed by atoms with Crippen molar-refractivity contribution in [3.8, 4) is 5.69 Å². The first-order valence-corrected chi connectivity index (χ1v) is 24.2. The maximum absolute atomic E-state index is 15.0. The minimum absolute atomic E-state index is 0.119. The molecule has 10 rings (SSSR count). The molecule has 0 atom stereocenters. The van der Waals surface area contributed by atoms with Crippen molar-refractivity contribution >= 4 is 72.8 Å². The molecule has 2 amide bonds. The number of aromatic nitrogens is 1. The monoisotopic (exact) mass is 891 g/mol. The van der Waals surface area contributed by atoms with E-state index in [9.17, 15) is 9.59 Å². The molecule has 68 heavy (non-hydrogen) atoms. The summed E-state index contributed by atoms with van der Waals surface area (Å²) in [4.78, 5) is 36.0. The lowest BCUT2D eigenvalue weighted by molar-refractivity contribution is -0.128. The molecule has 0 unspecified atom stereocenters. The summed E-state index contributed by atoms with van der Waals surface area (Å²) in [5.74, 6) is 0.0207. The summed E-state index contributed by atoms with van der Waals surface area (Å²) in [5, 5.41) is 4.59. The Hall–Kier alpha value is -7.44. The zero-order valence-electron chi connectivity index (χ0n) is 40.4. The Kier molecular flexibility index (Phi) is 11.7. The molecule has 2 heterocycles. The summed E-state index contributed by atoms with van der Waals surface area (Å²) in [7, 11) is 0. The first-order valence-electron chi connectivity index (χ1n) is 24.2. The lowest BCUT2D eigenvalue weighted by Crippen LogP contribution is -2.55. The molecule has 8 aromatic carbocycles. The number of carbonyl (C=O) groups excluding carboxylic acids is 2. The smallest absolute Gasteiger partial charge is 0.238 e. The number of nitrogens with zero attached hydrogens (tertiary/aromatic N) is 4. The Balaban J connectivity index is 1.21. The molecule has 0 spiro atoms. The zero-order valence-corrected chi connectivity index (χ0v) is 40.4. The third-order valence-corrected chi connectivity index (χ3v) is 13.7. The van der Waals surface area contributed by atoms with Crippen molar-refractivity contribution in [3.63, 3.8) is 0 Å². The van der Waals surface area contributed by atoms with E-state index in [1.807, 2.05) is 9.80 Å². The van der Waals surface area contributed by atoms with E-state index in [4.69, 9.17) is 0 Å². The van der Waals surface area contributed by atoms with Gasteiger partial charge in [0.25, 0.3) is 0 Å². The third-order valence-electron chi connectivity index (χ3n) is 13.7. The van der Waals surface area contributed by atoms with Crippen molar-refractivity contribution in [2.45, 2.75) is 85.5 Å². The van der Waals surface area contributed by atoms with E-state index in [0.29, 0.717) is 6.17 Å². The molecular weight excluding hydrogens is 833 g/mol. The number of hydrogen-bond donors (Lipinski definition) is 0. The van der Waals surface area contributed by atoms with Gasteiger partial charge in [-0.2, -0.15) is 0 Å². The Morgan fingerprint density at radius 1 is 0.426 bits per heavy atom. The summed E-state index contributed by atoms with van der Waals surface area (Å²) in [6.45, 7) is 17.4. The molecule has 339 valence electrons. The van der Waals surface area contributed by atoms with Crippen LogP contribution in [-0.4, -0.2) is 16.4 Å². The van der Waals surface area contributed by atoms with Gasteiger partial charge in [-0.1, -0.05) is 177 Å². The molecule has 1 fully saturated rings. The predicted octanol–water partition coefficient (Wildman–Crippen LogP) is 16.2. The molecule has 1 aliphatic rings. The fourth-order valence-electron chi connectivity index (χ4n) is 10.4. The fraction of sp³-hybridized carbons (Fsp3) is 0.210. The van der Waals surface area contributed by atoms with Crippen molar-refractivity contribution in [1.82, 2.24) is 4.57 Å². The van der Waals surface area contributed by atoms with Gasteiger partial charge in [0.2, 0.25) is 18.0 Å². The summed E-state index contributed by atoms with van der Waals surface area (Å²) < 4.78 is 2.34. The molecule has 6 nitrogen and oxygen atoms in total. The van der Waals surface area contributed by atoms with E-state index in [1.165, 1.54) is 5.39 Å². The first kappa shape index (κ1) is 44.4. The number of rotatable bonds is 11. The molecule has 0 aliphatic carbocycles. The second-order valence-corrected chi connectivity index (χ2v) is 19.4. The van der Waals surface area contributed by atoms with E-state index >= 15 is 0 Å². The Morgan fingerprint density at radius 2 is 0.897 bits per heavy atom. The molecule has 0 bridgehead atoms. The number of hydrogen-bond acceptors (Lipinski definition) is 3. The van der Waals surface area contributed by atoms with Crippen molar-refractivity contribution in [2.75, 3.05) is 14.7 Å². The summed E-state index contributed by atoms with van der Waals surface area (Å²) >= 11 is 0. The van der Waals surface area contributed by atoms with Crippen LogP contribution in [0.15, 0.2) is 176 Å². The van der Waals surface area contributed by atoms with Crippen molar-refractivity contribution in [2.24, 2.45) is 0 Å². The van der Waals surface area contributed by atoms with Gasteiger partial charge in [0.05, 0.1) is 28.1 Å². The molecular formula is C62H59N4O2. The Bertz CT molecular complexity index is 3210. The lowest BCUT2D eigenvalue weighted by Gasteiger charge is -2.45. The van der Waals surface area contributed by atoms with Crippen LogP contribution in [0.3, 0.4) is 0 Å². The van der Waals surface area contributed by atoms with Crippen LogP contribution in [0.1, 0.15) is 113 Å². The minimum atomic E-state index is -0.243. The summed E-state index contributed by atoms with van der Waals surface area (Å²) in [5.41, 5.74) is 13.2. The largest absolute Gasteiger partial charge is 0.310 e. The van der Waals surface area contributed by atoms with Gasteiger partial charge in [-0.25, -0.2) is 0 Å². The van der Waals surface area contributed by atoms with E-state index in [0.717, 1.165) is 89.1 Å². The van der Waals surface area contributed by atoms with Crippen LogP contribution in [0.25, 0.3) is 38.3 Å². The van der Waals surface area contributed by atoms with E-state index in [1.54, 1.807) is 0 Å². The van der Waals surface area contributed by atoms with Crippen LogP contribution in [-0.2, 0) is 9.59 Å². The highest BCUT2D eigenvalue weighted by molar-refractivity contribution is 6.19. The predicted molar refractivity (Wildman–Crippen MR) is 284 cm³/mol. The van der Waals surface area contributed by atoms with Gasteiger partial charge in [0.1, 0.15) is 6.42 Å². The third kappa shape index (κ3) is 7.62. The number of benzene rings is 8. The van der Waals surface area contributed by atoms with Crippen LogP contribution in [0, 0.1) is 6.17 Å². The van der Waals surface area contributed by atoms with Crippen LogP contribution in [0.2, 0.25) is 0 Å². The number of para-hydroxylation sites is 4. The quantitative estimate of drug-likeness (QED) is 0.122.